The lowest BCUT2D eigenvalue weighted by molar-refractivity contribution is -0.136. The quantitative estimate of drug-likeness (QED) is 0.860. The molecule has 2 saturated carbocycles. The van der Waals surface area contributed by atoms with E-state index in [-0.39, 0.29) is 5.54 Å². The van der Waals surface area contributed by atoms with Crippen LogP contribution >= 0.6 is 0 Å². The van der Waals surface area contributed by atoms with E-state index >= 15 is 0 Å². The summed E-state index contributed by atoms with van der Waals surface area (Å²) < 4.78 is 0. The zero-order chi connectivity index (χ0) is 15.0. The van der Waals surface area contributed by atoms with Crippen LogP contribution in [0.1, 0.15) is 78.6 Å². The number of carbonyl (C=O) groups is 1. The Morgan fingerprint density at radius 3 is 2.33 bits per heavy atom. The molecule has 0 aromatic rings. The van der Waals surface area contributed by atoms with E-state index in [9.17, 15) is 4.79 Å². The van der Waals surface area contributed by atoms with Gasteiger partial charge in [0.05, 0.1) is 11.7 Å². The van der Waals surface area contributed by atoms with E-state index in [1.165, 1.54) is 51.4 Å². The summed E-state index contributed by atoms with van der Waals surface area (Å²) in [5.41, 5.74) is -0.323. The van der Waals surface area contributed by atoms with Crippen molar-refractivity contribution in [2.45, 2.75) is 96.3 Å². The molecule has 0 radical (unpaired) electrons. The lowest BCUT2D eigenvalue weighted by Gasteiger charge is -2.39. The summed E-state index contributed by atoms with van der Waals surface area (Å²) >= 11 is 0. The van der Waals surface area contributed by atoms with Crippen LogP contribution < -0.4 is 5.32 Å². The summed E-state index contributed by atoms with van der Waals surface area (Å²) in [6.45, 7) is 6.61. The van der Waals surface area contributed by atoms with Crippen molar-refractivity contribution in [1.29, 1.82) is 0 Å². The Hall–Kier alpha value is -0.570. The minimum Gasteiger partial charge on any atom is -0.322 e. The minimum atomic E-state index is -0.323. The Balaban J connectivity index is 1.80. The van der Waals surface area contributed by atoms with Crippen LogP contribution in [0.4, 0.5) is 0 Å². The highest BCUT2D eigenvalue weighted by atomic mass is 16.2. The molecule has 3 aliphatic rings. The van der Waals surface area contributed by atoms with Crippen LogP contribution in [0, 0.1) is 11.8 Å². The Kier molecular flexibility index (Phi) is 4.31. The van der Waals surface area contributed by atoms with Gasteiger partial charge < -0.3 is 4.90 Å². The molecule has 1 heterocycles. The standard InChI is InChI=1S/C18H32N2O/c1-4-18(3)17(21)20(15-11-9-13(2)10-12-15)16(19-18)14-7-5-6-8-14/h13-16,19H,4-12H2,1-3H3. The molecule has 0 aromatic carbocycles. The van der Waals surface area contributed by atoms with Gasteiger partial charge in [-0.1, -0.05) is 26.7 Å². The molecule has 1 saturated heterocycles. The van der Waals surface area contributed by atoms with Crippen molar-refractivity contribution in [1.82, 2.24) is 10.2 Å². The number of hydrogen-bond donors (Lipinski definition) is 1. The van der Waals surface area contributed by atoms with Crippen molar-refractivity contribution in [2.75, 3.05) is 0 Å². The van der Waals surface area contributed by atoms with Gasteiger partial charge in [0.2, 0.25) is 5.91 Å². The molecule has 0 bridgehead atoms. The highest BCUT2D eigenvalue weighted by Crippen LogP contribution is 2.39. The molecule has 3 heteroatoms. The van der Waals surface area contributed by atoms with Crippen molar-refractivity contribution in [3.05, 3.63) is 0 Å². The summed E-state index contributed by atoms with van der Waals surface area (Å²) in [5.74, 6) is 1.90. The molecule has 1 amide bonds. The Morgan fingerprint density at radius 2 is 1.76 bits per heavy atom. The molecule has 21 heavy (non-hydrogen) atoms. The predicted molar refractivity (Wildman–Crippen MR) is 85.8 cm³/mol. The van der Waals surface area contributed by atoms with E-state index in [4.69, 9.17) is 0 Å². The Labute approximate surface area is 129 Å². The first-order valence-corrected chi connectivity index (χ1v) is 9.15. The molecular weight excluding hydrogens is 260 g/mol. The summed E-state index contributed by atoms with van der Waals surface area (Å²) in [6, 6.07) is 0.486. The second kappa shape index (κ2) is 5.91. The molecule has 0 spiro atoms. The van der Waals surface area contributed by atoms with E-state index in [2.05, 4.69) is 31.0 Å². The average molecular weight is 292 g/mol. The highest BCUT2D eigenvalue weighted by molar-refractivity contribution is 5.88. The molecule has 3 fully saturated rings. The molecule has 0 aromatic heterocycles. The van der Waals surface area contributed by atoms with Gasteiger partial charge in [-0.15, -0.1) is 0 Å². The molecule has 1 aliphatic heterocycles. The smallest absolute Gasteiger partial charge is 0.244 e. The number of amides is 1. The largest absolute Gasteiger partial charge is 0.322 e. The first-order chi connectivity index (χ1) is 10.0. The molecule has 120 valence electrons. The second-order valence-electron chi connectivity index (χ2n) is 7.95. The number of rotatable bonds is 3. The number of hydrogen-bond acceptors (Lipinski definition) is 2. The van der Waals surface area contributed by atoms with E-state index < -0.39 is 0 Å². The van der Waals surface area contributed by atoms with Crippen LogP contribution in [0.5, 0.6) is 0 Å². The normalized spacial score (nSPS) is 42.0. The van der Waals surface area contributed by atoms with Gasteiger partial charge in [-0.25, -0.2) is 0 Å². The van der Waals surface area contributed by atoms with Gasteiger partial charge in [0, 0.05) is 6.04 Å². The summed E-state index contributed by atoms with van der Waals surface area (Å²) in [4.78, 5) is 15.4. The van der Waals surface area contributed by atoms with Crippen LogP contribution in [0.25, 0.3) is 0 Å². The van der Waals surface area contributed by atoms with Crippen LogP contribution in [0.2, 0.25) is 0 Å². The van der Waals surface area contributed by atoms with Crippen molar-refractivity contribution < 1.29 is 4.79 Å². The summed E-state index contributed by atoms with van der Waals surface area (Å²) in [5, 5.41) is 3.74. The van der Waals surface area contributed by atoms with E-state index in [0.717, 1.165) is 12.3 Å². The molecule has 3 nitrogen and oxygen atoms in total. The van der Waals surface area contributed by atoms with Crippen molar-refractivity contribution in [3.63, 3.8) is 0 Å². The van der Waals surface area contributed by atoms with Gasteiger partial charge >= 0.3 is 0 Å². The zero-order valence-corrected chi connectivity index (χ0v) is 14.0. The van der Waals surface area contributed by atoms with Gasteiger partial charge in [0.1, 0.15) is 0 Å². The van der Waals surface area contributed by atoms with Crippen LogP contribution in [0.3, 0.4) is 0 Å². The van der Waals surface area contributed by atoms with Crippen LogP contribution in [-0.2, 0) is 4.79 Å². The van der Waals surface area contributed by atoms with Crippen molar-refractivity contribution in [3.8, 4) is 0 Å². The molecule has 1 N–H and O–H groups in total. The third-order valence-corrected chi connectivity index (χ3v) is 6.40. The maximum Gasteiger partial charge on any atom is 0.244 e. The number of nitrogens with one attached hydrogen (secondary N) is 1. The van der Waals surface area contributed by atoms with Gasteiger partial charge in [0.15, 0.2) is 0 Å². The fourth-order valence-corrected chi connectivity index (χ4v) is 4.65. The van der Waals surface area contributed by atoms with Crippen molar-refractivity contribution in [2.24, 2.45) is 11.8 Å². The number of nitrogens with zero attached hydrogens (tertiary/aromatic N) is 1. The average Bonchev–Trinajstić information content (AvgIpc) is 3.09. The lowest BCUT2D eigenvalue weighted by Crippen LogP contribution is -2.49. The zero-order valence-electron chi connectivity index (χ0n) is 14.0. The molecule has 2 aliphatic carbocycles. The van der Waals surface area contributed by atoms with Crippen LogP contribution in [-0.4, -0.2) is 28.6 Å². The Bertz CT molecular complexity index is 383. The van der Waals surface area contributed by atoms with E-state index in [1.807, 2.05) is 0 Å². The first kappa shape index (κ1) is 15.3. The van der Waals surface area contributed by atoms with Crippen molar-refractivity contribution >= 4 is 5.91 Å². The monoisotopic (exact) mass is 292 g/mol. The third kappa shape index (κ3) is 2.74. The van der Waals surface area contributed by atoms with Gasteiger partial charge in [-0.3, -0.25) is 10.1 Å². The fourth-order valence-electron chi connectivity index (χ4n) is 4.65. The predicted octanol–water partition coefficient (Wildman–Crippen LogP) is 3.68. The Morgan fingerprint density at radius 1 is 1.14 bits per heavy atom. The van der Waals surface area contributed by atoms with Gasteiger partial charge in [-0.05, 0) is 63.7 Å². The highest BCUT2D eigenvalue weighted by Gasteiger charge is 2.51. The maximum absolute atomic E-state index is 13.1. The van der Waals surface area contributed by atoms with E-state index in [0.29, 0.717) is 24.0 Å². The third-order valence-electron chi connectivity index (χ3n) is 6.40. The van der Waals surface area contributed by atoms with Gasteiger partial charge in [-0.2, -0.15) is 0 Å². The lowest BCUT2D eigenvalue weighted by atomic mass is 9.85. The first-order valence-electron chi connectivity index (χ1n) is 9.15. The molecule has 2 unspecified atom stereocenters. The summed E-state index contributed by atoms with van der Waals surface area (Å²) in [6.07, 6.45) is 11.5. The second-order valence-corrected chi connectivity index (χ2v) is 7.95. The van der Waals surface area contributed by atoms with Gasteiger partial charge in [0.25, 0.3) is 0 Å². The minimum absolute atomic E-state index is 0.309. The number of carbonyl (C=O) groups excluding carboxylic acids is 1. The fraction of sp³-hybridized carbons (Fsp3) is 0.944. The molecule has 3 rings (SSSR count). The summed E-state index contributed by atoms with van der Waals surface area (Å²) in [7, 11) is 0. The topological polar surface area (TPSA) is 32.3 Å². The SMILES string of the molecule is CCC1(C)NC(C2CCCC2)N(C2CCC(C)CC2)C1=O. The van der Waals surface area contributed by atoms with Crippen LogP contribution in [0.15, 0.2) is 0 Å². The molecular formula is C18H32N2O. The maximum atomic E-state index is 13.1. The molecule has 2 atom stereocenters. The van der Waals surface area contributed by atoms with E-state index in [1.54, 1.807) is 0 Å².